The van der Waals surface area contributed by atoms with E-state index in [2.05, 4.69) is 5.32 Å². The van der Waals surface area contributed by atoms with Crippen LogP contribution in [0.3, 0.4) is 0 Å². The van der Waals surface area contributed by atoms with E-state index < -0.39 is 28.5 Å². The van der Waals surface area contributed by atoms with E-state index in [1.165, 1.54) is 57.6 Å². The lowest BCUT2D eigenvalue weighted by atomic mass is 10.1. The largest absolute Gasteiger partial charge is 0.497 e. The number of rotatable bonds is 15. The van der Waals surface area contributed by atoms with Gasteiger partial charge in [0.15, 0.2) is 11.5 Å². The van der Waals surface area contributed by atoms with Crippen LogP contribution in [0.4, 0.5) is 5.69 Å². The zero-order valence-corrected chi connectivity index (χ0v) is 27.9. The molecule has 0 radical (unpaired) electrons. The molecule has 0 aliphatic rings. The number of nitrogens with one attached hydrogen (secondary N) is 1. The van der Waals surface area contributed by atoms with Crippen LogP contribution in [0.15, 0.2) is 65.6 Å². The second-order valence-electron chi connectivity index (χ2n) is 10.6. The van der Waals surface area contributed by atoms with Crippen molar-refractivity contribution in [3.8, 4) is 23.0 Å². The van der Waals surface area contributed by atoms with Crippen molar-refractivity contribution >= 4 is 27.5 Å². The fourth-order valence-electron chi connectivity index (χ4n) is 4.55. The molecule has 0 aliphatic heterocycles. The van der Waals surface area contributed by atoms with Crippen molar-refractivity contribution in [2.45, 2.75) is 57.6 Å². The van der Waals surface area contributed by atoms with Gasteiger partial charge >= 0.3 is 0 Å². The van der Waals surface area contributed by atoms with Gasteiger partial charge in [0.05, 0.1) is 39.0 Å². The van der Waals surface area contributed by atoms with Crippen molar-refractivity contribution in [2.24, 2.45) is 0 Å². The summed E-state index contributed by atoms with van der Waals surface area (Å²) >= 11 is 0. The minimum atomic E-state index is -4.43. The Labute approximate surface area is 266 Å². The number of carbonyl (C=O) groups is 2. The molecule has 2 atom stereocenters. The van der Waals surface area contributed by atoms with E-state index in [0.29, 0.717) is 17.9 Å². The van der Waals surface area contributed by atoms with Crippen molar-refractivity contribution in [3.63, 3.8) is 0 Å². The molecule has 3 aromatic rings. The van der Waals surface area contributed by atoms with Crippen LogP contribution in [0, 0.1) is 6.92 Å². The summed E-state index contributed by atoms with van der Waals surface area (Å²) in [6.45, 7) is 6.84. The van der Waals surface area contributed by atoms with E-state index in [1.54, 1.807) is 19.1 Å². The van der Waals surface area contributed by atoms with Crippen molar-refractivity contribution in [1.82, 2.24) is 10.2 Å². The van der Waals surface area contributed by atoms with Gasteiger partial charge in [0.1, 0.15) is 24.1 Å². The maximum absolute atomic E-state index is 14.4. The van der Waals surface area contributed by atoms with Crippen LogP contribution in [-0.2, 0) is 26.2 Å². The first-order chi connectivity index (χ1) is 21.4. The van der Waals surface area contributed by atoms with Crippen molar-refractivity contribution in [3.05, 3.63) is 71.8 Å². The number of anilines is 1. The van der Waals surface area contributed by atoms with E-state index >= 15 is 0 Å². The average Bonchev–Trinajstić information content (AvgIpc) is 3.05. The summed E-state index contributed by atoms with van der Waals surface area (Å²) in [5.41, 5.74) is 1.90. The normalized spacial score (nSPS) is 12.4. The van der Waals surface area contributed by atoms with Gasteiger partial charge in [-0.1, -0.05) is 36.8 Å². The van der Waals surface area contributed by atoms with E-state index in [9.17, 15) is 18.0 Å². The fourth-order valence-corrected chi connectivity index (χ4v) is 5.98. The summed E-state index contributed by atoms with van der Waals surface area (Å²) in [5.74, 6) is 0.125. The number of sulfonamides is 1. The second-order valence-corrected chi connectivity index (χ2v) is 12.4. The van der Waals surface area contributed by atoms with Crippen LogP contribution in [0.25, 0.3) is 0 Å². The molecule has 3 rings (SSSR count). The predicted octanol–water partition coefficient (Wildman–Crippen LogP) is 4.56. The maximum atomic E-state index is 14.4. The molecule has 12 heteroatoms. The smallest absolute Gasteiger partial charge is 0.265 e. The molecule has 0 saturated heterocycles. The summed E-state index contributed by atoms with van der Waals surface area (Å²) < 4.78 is 51.3. The van der Waals surface area contributed by atoms with Crippen molar-refractivity contribution in [2.75, 3.05) is 39.3 Å². The maximum Gasteiger partial charge on any atom is 0.265 e. The molecule has 45 heavy (non-hydrogen) atoms. The number of benzene rings is 3. The van der Waals surface area contributed by atoms with Gasteiger partial charge in [-0.2, -0.15) is 0 Å². The van der Waals surface area contributed by atoms with Crippen molar-refractivity contribution < 1.29 is 37.0 Å². The molecule has 3 aromatic carbocycles. The first-order valence-electron chi connectivity index (χ1n) is 14.5. The molecule has 0 fully saturated rings. The third-order valence-electron chi connectivity index (χ3n) is 7.52. The molecule has 0 heterocycles. The van der Waals surface area contributed by atoms with E-state index in [4.69, 9.17) is 18.9 Å². The summed E-state index contributed by atoms with van der Waals surface area (Å²) in [6, 6.07) is 15.4. The lowest BCUT2D eigenvalue weighted by Gasteiger charge is -2.33. The van der Waals surface area contributed by atoms with Gasteiger partial charge < -0.3 is 29.2 Å². The number of hydrogen-bond donors (Lipinski definition) is 1. The highest BCUT2D eigenvalue weighted by molar-refractivity contribution is 7.92. The third kappa shape index (κ3) is 8.39. The van der Waals surface area contributed by atoms with Crippen LogP contribution < -0.4 is 28.6 Å². The summed E-state index contributed by atoms with van der Waals surface area (Å²) in [5, 5.41) is 2.93. The molecule has 0 aliphatic carbocycles. The number of methoxy groups -OCH3 is 4. The Bertz CT molecular complexity index is 1580. The number of hydrogen-bond acceptors (Lipinski definition) is 8. The van der Waals surface area contributed by atoms with Crippen LogP contribution in [-0.4, -0.2) is 72.2 Å². The second kappa shape index (κ2) is 15.5. The molecule has 244 valence electrons. The quantitative estimate of drug-likeness (QED) is 0.256. The first kappa shape index (κ1) is 35.0. The van der Waals surface area contributed by atoms with Crippen LogP contribution in [0.1, 0.15) is 38.3 Å². The minimum Gasteiger partial charge on any atom is -0.497 e. The molecule has 0 bridgehead atoms. The molecule has 0 aromatic heterocycles. The van der Waals surface area contributed by atoms with Gasteiger partial charge in [-0.3, -0.25) is 13.9 Å². The molecular formula is C33H43N3O8S. The van der Waals surface area contributed by atoms with Crippen LogP contribution in [0.5, 0.6) is 23.0 Å². The lowest BCUT2D eigenvalue weighted by molar-refractivity contribution is -0.139. The standard InChI is InChI=1S/C33H43N3O8S/c1-9-23(3)34-33(38)24(4)35(20-25-12-10-22(2)11-13-25)32(37)21-36(28-18-26(41-5)14-16-29(28)42-6)45(39,40)27-15-17-30(43-7)31(19-27)44-8/h10-19,23-24H,9,20-21H2,1-8H3,(H,34,38)/t23-,24+/m1/s1. The highest BCUT2D eigenvalue weighted by Crippen LogP contribution is 2.37. The zero-order valence-electron chi connectivity index (χ0n) is 27.1. The molecule has 2 amide bonds. The zero-order chi connectivity index (χ0) is 33.3. The number of nitrogens with zero attached hydrogens (tertiary/aromatic N) is 2. The Morgan fingerprint density at radius 1 is 0.822 bits per heavy atom. The van der Waals surface area contributed by atoms with Gasteiger partial charge in [-0.25, -0.2) is 8.42 Å². The molecule has 0 saturated carbocycles. The summed E-state index contributed by atoms with van der Waals surface area (Å²) in [7, 11) is 1.26. The molecule has 0 spiro atoms. The third-order valence-corrected chi connectivity index (χ3v) is 9.27. The summed E-state index contributed by atoms with van der Waals surface area (Å²) in [4.78, 5) is 28.8. The Morgan fingerprint density at radius 3 is 2.02 bits per heavy atom. The van der Waals surface area contributed by atoms with Crippen molar-refractivity contribution in [1.29, 1.82) is 0 Å². The predicted molar refractivity (Wildman–Crippen MR) is 173 cm³/mol. The Hall–Kier alpha value is -4.45. The summed E-state index contributed by atoms with van der Waals surface area (Å²) in [6.07, 6.45) is 0.706. The Morgan fingerprint density at radius 2 is 1.44 bits per heavy atom. The van der Waals surface area contributed by atoms with Gasteiger partial charge in [-0.05, 0) is 57.0 Å². The number of aryl methyl sites for hydroxylation is 1. The lowest BCUT2D eigenvalue weighted by Crippen LogP contribution is -2.52. The number of carbonyl (C=O) groups excluding carboxylic acids is 2. The fraction of sp³-hybridized carbons (Fsp3) is 0.394. The number of amides is 2. The highest BCUT2D eigenvalue weighted by atomic mass is 32.2. The van der Waals surface area contributed by atoms with Crippen LogP contribution >= 0.6 is 0 Å². The van der Waals surface area contributed by atoms with Gasteiger partial charge in [0.25, 0.3) is 10.0 Å². The molecule has 0 unspecified atom stereocenters. The number of ether oxygens (including phenoxy) is 4. The molecular weight excluding hydrogens is 598 g/mol. The van der Waals surface area contributed by atoms with E-state index in [0.717, 1.165) is 15.4 Å². The van der Waals surface area contributed by atoms with E-state index in [1.807, 2.05) is 45.0 Å². The van der Waals surface area contributed by atoms with Gasteiger partial charge in [0, 0.05) is 24.7 Å². The monoisotopic (exact) mass is 641 g/mol. The topological polar surface area (TPSA) is 124 Å². The van der Waals surface area contributed by atoms with Gasteiger partial charge in [-0.15, -0.1) is 0 Å². The highest BCUT2D eigenvalue weighted by Gasteiger charge is 2.35. The SMILES string of the molecule is CC[C@@H](C)NC(=O)[C@H](C)N(Cc1ccc(C)cc1)C(=O)CN(c1cc(OC)ccc1OC)S(=O)(=O)c1ccc(OC)c(OC)c1. The minimum absolute atomic E-state index is 0.0759. The Balaban J connectivity index is 2.16. The Kier molecular flexibility index (Phi) is 12.1. The van der Waals surface area contributed by atoms with Crippen LogP contribution in [0.2, 0.25) is 0 Å². The van der Waals surface area contributed by atoms with E-state index in [-0.39, 0.29) is 40.6 Å². The molecule has 1 N–H and O–H groups in total. The first-order valence-corrected chi connectivity index (χ1v) is 16.0. The van der Waals surface area contributed by atoms with Gasteiger partial charge in [0.2, 0.25) is 11.8 Å². The average molecular weight is 642 g/mol. The molecule has 11 nitrogen and oxygen atoms in total.